The number of carbonyl (C=O) groups excluding carboxylic acids is 2. The molecule has 4 nitrogen and oxygen atoms in total. The Balaban J connectivity index is 1.56. The molecule has 2 unspecified atom stereocenters. The van der Waals surface area contributed by atoms with E-state index >= 15 is 0 Å². The maximum atomic E-state index is 12.4. The van der Waals surface area contributed by atoms with Crippen LogP contribution in [0.2, 0.25) is 0 Å². The Morgan fingerprint density at radius 3 is 2.78 bits per heavy atom. The van der Waals surface area contributed by atoms with Gasteiger partial charge in [0.25, 0.3) is 0 Å². The molecule has 0 aromatic heterocycles. The molecule has 23 heavy (non-hydrogen) atoms. The maximum Gasteiger partial charge on any atom is 0.219 e. The molecule has 0 N–H and O–H groups in total. The van der Waals surface area contributed by atoms with Crippen molar-refractivity contribution >= 4 is 17.3 Å². The van der Waals surface area contributed by atoms with Crippen LogP contribution in [0.25, 0.3) is 5.57 Å². The van der Waals surface area contributed by atoms with Crippen LogP contribution in [0, 0.1) is 5.92 Å². The van der Waals surface area contributed by atoms with Crippen LogP contribution in [-0.2, 0) is 9.53 Å². The molecule has 0 radical (unpaired) electrons. The van der Waals surface area contributed by atoms with E-state index in [1.54, 1.807) is 6.92 Å². The molecule has 1 saturated heterocycles. The Bertz CT molecular complexity index is 706. The molecule has 0 saturated carbocycles. The van der Waals surface area contributed by atoms with Crippen molar-refractivity contribution in [3.05, 3.63) is 41.0 Å². The second-order valence-corrected chi connectivity index (χ2v) is 6.80. The summed E-state index contributed by atoms with van der Waals surface area (Å²) in [5, 5.41) is 0. The van der Waals surface area contributed by atoms with Gasteiger partial charge in [-0.2, -0.15) is 0 Å². The Morgan fingerprint density at radius 1 is 1.26 bits per heavy atom. The lowest BCUT2D eigenvalue weighted by Gasteiger charge is -2.34. The van der Waals surface area contributed by atoms with Gasteiger partial charge in [-0.05, 0) is 24.0 Å². The zero-order valence-corrected chi connectivity index (χ0v) is 13.4. The summed E-state index contributed by atoms with van der Waals surface area (Å²) in [6, 6.07) is 7.84. The molecule has 120 valence electrons. The number of ether oxygens (including phenoxy) is 1. The summed E-state index contributed by atoms with van der Waals surface area (Å²) in [5.41, 5.74) is 4.33. The van der Waals surface area contributed by atoms with Crippen LogP contribution < -0.4 is 0 Å². The van der Waals surface area contributed by atoms with Gasteiger partial charge in [0, 0.05) is 37.9 Å². The summed E-state index contributed by atoms with van der Waals surface area (Å²) in [6.45, 7) is 3.82. The molecule has 4 rings (SSSR count). The van der Waals surface area contributed by atoms with Crippen molar-refractivity contribution in [1.82, 2.24) is 4.90 Å². The summed E-state index contributed by atoms with van der Waals surface area (Å²) < 4.78 is 6.14. The third-order valence-electron chi connectivity index (χ3n) is 5.44. The normalized spacial score (nSPS) is 27.0. The number of fused-ring (bicyclic) bond motifs is 2. The predicted octanol–water partition coefficient (Wildman–Crippen LogP) is 2.68. The van der Waals surface area contributed by atoms with Crippen LogP contribution in [0.15, 0.2) is 29.8 Å². The van der Waals surface area contributed by atoms with E-state index < -0.39 is 0 Å². The topological polar surface area (TPSA) is 46.6 Å². The van der Waals surface area contributed by atoms with Gasteiger partial charge in [-0.15, -0.1) is 0 Å². The highest BCUT2D eigenvalue weighted by Gasteiger charge is 2.36. The number of rotatable bonds is 1. The first-order valence-corrected chi connectivity index (χ1v) is 8.34. The molecule has 2 aliphatic heterocycles. The number of Topliss-reactive ketones (excluding diaryl/α,β-unsaturated/α-hetero) is 1. The van der Waals surface area contributed by atoms with Crippen molar-refractivity contribution in [3.8, 4) is 0 Å². The smallest absolute Gasteiger partial charge is 0.219 e. The summed E-state index contributed by atoms with van der Waals surface area (Å²) >= 11 is 0. The van der Waals surface area contributed by atoms with Crippen LogP contribution >= 0.6 is 0 Å². The third-order valence-corrected chi connectivity index (χ3v) is 5.44. The Hall–Kier alpha value is -1.94. The highest BCUT2D eigenvalue weighted by Crippen LogP contribution is 2.39. The van der Waals surface area contributed by atoms with Crippen LogP contribution in [0.3, 0.4) is 0 Å². The Morgan fingerprint density at radius 2 is 2.04 bits per heavy atom. The van der Waals surface area contributed by atoms with Crippen molar-refractivity contribution in [2.24, 2.45) is 5.92 Å². The van der Waals surface area contributed by atoms with E-state index in [-0.39, 0.29) is 17.8 Å². The van der Waals surface area contributed by atoms with Gasteiger partial charge >= 0.3 is 0 Å². The third kappa shape index (κ3) is 2.51. The zero-order valence-electron chi connectivity index (χ0n) is 13.4. The van der Waals surface area contributed by atoms with Gasteiger partial charge in [-0.3, -0.25) is 9.59 Å². The molecule has 0 bridgehead atoms. The molecule has 0 spiro atoms. The molecule has 1 aliphatic carbocycles. The van der Waals surface area contributed by atoms with E-state index in [0.29, 0.717) is 18.9 Å². The van der Waals surface area contributed by atoms with Gasteiger partial charge in [0.1, 0.15) is 0 Å². The summed E-state index contributed by atoms with van der Waals surface area (Å²) in [4.78, 5) is 25.8. The fraction of sp³-hybridized carbons (Fsp3) is 0.474. The van der Waals surface area contributed by atoms with Gasteiger partial charge in [0.05, 0.1) is 12.7 Å². The van der Waals surface area contributed by atoms with Gasteiger partial charge < -0.3 is 9.64 Å². The molecule has 1 fully saturated rings. The summed E-state index contributed by atoms with van der Waals surface area (Å²) in [7, 11) is 0. The van der Waals surface area contributed by atoms with Crippen LogP contribution in [0.4, 0.5) is 0 Å². The van der Waals surface area contributed by atoms with Crippen molar-refractivity contribution in [3.63, 3.8) is 0 Å². The Kier molecular flexibility index (Phi) is 3.57. The summed E-state index contributed by atoms with van der Waals surface area (Å²) in [6.07, 6.45) is 2.48. The number of ketones is 1. The van der Waals surface area contributed by atoms with Crippen molar-refractivity contribution < 1.29 is 14.3 Å². The zero-order chi connectivity index (χ0) is 16.0. The second kappa shape index (κ2) is 5.60. The van der Waals surface area contributed by atoms with E-state index in [0.717, 1.165) is 37.1 Å². The predicted molar refractivity (Wildman–Crippen MR) is 87.0 cm³/mol. The fourth-order valence-electron chi connectivity index (χ4n) is 4.12. The van der Waals surface area contributed by atoms with Gasteiger partial charge in [0.15, 0.2) is 5.78 Å². The van der Waals surface area contributed by atoms with E-state index in [1.807, 2.05) is 29.2 Å². The number of hydrogen-bond donors (Lipinski definition) is 0. The van der Waals surface area contributed by atoms with Crippen molar-refractivity contribution in [2.75, 3.05) is 19.7 Å². The molecular weight excluding hydrogens is 290 g/mol. The van der Waals surface area contributed by atoms with E-state index in [4.69, 9.17) is 4.74 Å². The largest absolute Gasteiger partial charge is 0.373 e. The van der Waals surface area contributed by atoms with Crippen LogP contribution in [-0.4, -0.2) is 42.4 Å². The summed E-state index contributed by atoms with van der Waals surface area (Å²) in [5.74, 6) is 0.752. The number of hydrogen-bond acceptors (Lipinski definition) is 3. The van der Waals surface area contributed by atoms with Crippen molar-refractivity contribution in [1.29, 1.82) is 0 Å². The SMILES string of the molecule is CC(=O)N1CCC(C2CC3=C(CO2)c2ccccc2C(=O)C3)C1. The number of amides is 1. The number of likely N-dealkylation sites (tertiary alicyclic amines) is 1. The first-order chi connectivity index (χ1) is 11.1. The number of nitrogens with zero attached hydrogens (tertiary/aromatic N) is 1. The molecule has 1 aromatic carbocycles. The van der Waals surface area contributed by atoms with E-state index in [9.17, 15) is 9.59 Å². The van der Waals surface area contributed by atoms with Crippen molar-refractivity contribution in [2.45, 2.75) is 32.3 Å². The monoisotopic (exact) mass is 311 g/mol. The first kappa shape index (κ1) is 14.6. The lowest BCUT2D eigenvalue weighted by molar-refractivity contribution is -0.128. The molecular formula is C19H21NO3. The van der Waals surface area contributed by atoms with Crippen LogP contribution in [0.1, 0.15) is 42.1 Å². The molecule has 2 heterocycles. The van der Waals surface area contributed by atoms with Gasteiger partial charge in [-0.25, -0.2) is 0 Å². The Labute approximate surface area is 136 Å². The lowest BCUT2D eigenvalue weighted by atomic mass is 9.80. The molecule has 4 heteroatoms. The second-order valence-electron chi connectivity index (χ2n) is 6.80. The minimum absolute atomic E-state index is 0.135. The lowest BCUT2D eigenvalue weighted by Crippen LogP contribution is -2.34. The standard InChI is InChI=1S/C19H21NO3/c1-12(21)20-7-6-13(10-20)19-9-14-8-18(22)16-5-3-2-4-15(16)17(14)11-23-19/h2-5,13,19H,6-11H2,1H3. The fourth-order valence-corrected chi connectivity index (χ4v) is 4.12. The highest BCUT2D eigenvalue weighted by atomic mass is 16.5. The van der Waals surface area contributed by atoms with E-state index in [1.165, 1.54) is 11.1 Å². The van der Waals surface area contributed by atoms with E-state index in [2.05, 4.69) is 0 Å². The van der Waals surface area contributed by atoms with Gasteiger partial charge in [0.2, 0.25) is 5.91 Å². The van der Waals surface area contributed by atoms with Gasteiger partial charge in [-0.1, -0.05) is 29.8 Å². The minimum atomic E-state index is 0.135. The first-order valence-electron chi connectivity index (χ1n) is 8.34. The highest BCUT2D eigenvalue weighted by molar-refractivity contribution is 6.06. The quantitative estimate of drug-likeness (QED) is 0.801. The average Bonchev–Trinajstić information content (AvgIpc) is 3.05. The molecule has 1 aromatic rings. The van der Waals surface area contributed by atoms with Crippen LogP contribution in [0.5, 0.6) is 0 Å². The maximum absolute atomic E-state index is 12.4. The molecule has 3 aliphatic rings. The molecule has 2 atom stereocenters. The number of benzene rings is 1. The number of carbonyl (C=O) groups is 2. The minimum Gasteiger partial charge on any atom is -0.373 e. The molecule has 1 amide bonds. The average molecular weight is 311 g/mol.